The van der Waals surface area contributed by atoms with Gasteiger partial charge in [0.25, 0.3) is 0 Å². The first kappa shape index (κ1) is 16.7. The Morgan fingerprint density at radius 2 is 1.73 bits per heavy atom. The molecule has 1 saturated heterocycles. The van der Waals surface area contributed by atoms with Crippen LogP contribution in [-0.2, 0) is 0 Å². The molecule has 5 nitrogen and oxygen atoms in total. The largest absolute Gasteiger partial charge is 0.492 e. The van der Waals surface area contributed by atoms with Crippen LogP contribution in [0.3, 0.4) is 0 Å². The molecule has 2 N–H and O–H groups in total. The predicted molar refractivity (Wildman–Crippen MR) is 102 cm³/mol. The van der Waals surface area contributed by atoms with Gasteiger partial charge in [0, 0.05) is 29.1 Å². The van der Waals surface area contributed by atoms with E-state index in [0.717, 1.165) is 18.0 Å². The molecule has 0 radical (unpaired) electrons. The monoisotopic (exact) mass is 366 g/mol. The molecule has 6 heteroatoms. The van der Waals surface area contributed by atoms with Crippen molar-refractivity contribution in [2.45, 2.75) is 22.6 Å². The molecule has 26 heavy (non-hydrogen) atoms. The molecule has 0 saturated carbocycles. The summed E-state index contributed by atoms with van der Waals surface area (Å²) in [6.45, 7) is 2.15. The molecule has 0 atom stereocenters. The van der Waals surface area contributed by atoms with Crippen LogP contribution in [-0.4, -0.2) is 34.3 Å². The molecule has 1 aliphatic rings. The fourth-order valence-corrected chi connectivity index (χ4v) is 4.25. The van der Waals surface area contributed by atoms with Gasteiger partial charge in [0.05, 0.1) is 16.0 Å². The Kier molecular flexibility index (Phi) is 4.42. The number of aromatic nitrogens is 1. The predicted octanol–water partition coefficient (Wildman–Crippen LogP) is 4.39. The van der Waals surface area contributed by atoms with Crippen molar-refractivity contribution >= 4 is 34.3 Å². The first-order valence-electron chi connectivity index (χ1n) is 8.51. The van der Waals surface area contributed by atoms with Crippen LogP contribution >= 0.6 is 11.8 Å². The lowest BCUT2D eigenvalue weighted by atomic mass is 10.1. The number of carboxylic acid groups (broad SMARTS) is 1. The third kappa shape index (κ3) is 3.08. The Balaban J connectivity index is 1.71. The van der Waals surface area contributed by atoms with Gasteiger partial charge in [-0.05, 0) is 43.2 Å². The maximum Gasteiger partial charge on any atom is 0.337 e. The molecule has 4 rings (SSSR count). The Morgan fingerprint density at radius 3 is 2.42 bits per heavy atom. The first-order valence-corrected chi connectivity index (χ1v) is 9.33. The number of fused-ring (bicyclic) bond motifs is 1. The number of aromatic hydroxyl groups is 1. The van der Waals surface area contributed by atoms with Gasteiger partial charge in [0.15, 0.2) is 0 Å². The van der Waals surface area contributed by atoms with Gasteiger partial charge >= 0.3 is 5.97 Å². The highest BCUT2D eigenvalue weighted by Gasteiger charge is 2.21. The Bertz CT molecular complexity index is 967. The van der Waals surface area contributed by atoms with Crippen LogP contribution in [0, 0.1) is 0 Å². The lowest BCUT2D eigenvalue weighted by Crippen LogP contribution is -2.17. The van der Waals surface area contributed by atoms with Crippen LogP contribution in [0.2, 0.25) is 0 Å². The fraction of sp³-hybridized carbons (Fsp3) is 0.200. The zero-order chi connectivity index (χ0) is 18.1. The van der Waals surface area contributed by atoms with E-state index >= 15 is 0 Å². The summed E-state index contributed by atoms with van der Waals surface area (Å²) in [6, 6.07) is 14.9. The van der Waals surface area contributed by atoms with E-state index in [0.29, 0.717) is 10.9 Å². The normalized spacial score (nSPS) is 14.1. The van der Waals surface area contributed by atoms with Crippen LogP contribution in [0.15, 0.2) is 58.3 Å². The summed E-state index contributed by atoms with van der Waals surface area (Å²) in [5.74, 6) is -1.33. The van der Waals surface area contributed by atoms with E-state index < -0.39 is 5.97 Å². The minimum absolute atomic E-state index is 0.0849. The second-order valence-electron chi connectivity index (χ2n) is 6.25. The number of benzene rings is 2. The van der Waals surface area contributed by atoms with Crippen LogP contribution in [0.1, 0.15) is 23.2 Å². The summed E-state index contributed by atoms with van der Waals surface area (Å²) in [6.07, 6.45) is 2.43. The van der Waals surface area contributed by atoms with Crippen molar-refractivity contribution < 1.29 is 15.0 Å². The van der Waals surface area contributed by atoms with Crippen molar-refractivity contribution in [1.29, 1.82) is 0 Å². The third-order valence-electron chi connectivity index (χ3n) is 4.57. The molecule has 2 aromatic carbocycles. The van der Waals surface area contributed by atoms with Crippen molar-refractivity contribution in [2.24, 2.45) is 0 Å². The highest BCUT2D eigenvalue weighted by atomic mass is 32.2. The quantitative estimate of drug-likeness (QED) is 0.713. The number of hydrogen-bond donors (Lipinski definition) is 2. The van der Waals surface area contributed by atoms with E-state index in [1.54, 1.807) is 24.3 Å². The molecule has 1 fully saturated rings. The van der Waals surface area contributed by atoms with Gasteiger partial charge < -0.3 is 15.1 Å². The fourth-order valence-electron chi connectivity index (χ4n) is 3.31. The number of para-hydroxylation sites is 1. The standard InChI is InChI=1S/C20H18N2O3S/c23-19-18(17(20(24)25)15-5-1-2-6-16(15)21-19)26-14-9-7-13(8-10-14)22-11-3-4-12-22/h1-2,5-10H,3-4,11-12H2,(H,21,23)(H,24,25). The van der Waals surface area contributed by atoms with Crippen molar-refractivity contribution in [3.05, 3.63) is 54.1 Å². The van der Waals surface area contributed by atoms with Crippen molar-refractivity contribution in [2.75, 3.05) is 18.0 Å². The van der Waals surface area contributed by atoms with E-state index in [2.05, 4.69) is 9.88 Å². The number of carbonyl (C=O) groups is 1. The zero-order valence-corrected chi connectivity index (χ0v) is 14.9. The molecule has 1 aliphatic heterocycles. The summed E-state index contributed by atoms with van der Waals surface area (Å²) in [5, 5.41) is 20.5. The van der Waals surface area contributed by atoms with Crippen LogP contribution < -0.4 is 4.90 Å². The minimum Gasteiger partial charge on any atom is -0.492 e. The van der Waals surface area contributed by atoms with E-state index in [-0.39, 0.29) is 16.3 Å². The Morgan fingerprint density at radius 1 is 1.04 bits per heavy atom. The Hall–Kier alpha value is -2.73. The topological polar surface area (TPSA) is 73.7 Å². The average Bonchev–Trinajstić information content (AvgIpc) is 3.17. The molecule has 3 aromatic rings. The van der Waals surface area contributed by atoms with Gasteiger partial charge in [-0.3, -0.25) is 0 Å². The molecule has 0 spiro atoms. The molecule has 132 valence electrons. The van der Waals surface area contributed by atoms with Gasteiger partial charge in [0.2, 0.25) is 5.88 Å². The maximum absolute atomic E-state index is 11.8. The molecule has 2 heterocycles. The molecular weight excluding hydrogens is 348 g/mol. The van der Waals surface area contributed by atoms with Gasteiger partial charge in [-0.2, -0.15) is 0 Å². The smallest absolute Gasteiger partial charge is 0.337 e. The summed E-state index contributed by atoms with van der Waals surface area (Å²) in [5.41, 5.74) is 1.73. The number of pyridine rings is 1. The summed E-state index contributed by atoms with van der Waals surface area (Å²) in [4.78, 5) is 19.5. The van der Waals surface area contributed by atoms with Crippen molar-refractivity contribution in [1.82, 2.24) is 4.98 Å². The average molecular weight is 366 g/mol. The summed E-state index contributed by atoms with van der Waals surface area (Å²) in [7, 11) is 0. The molecular formula is C20H18N2O3S. The molecule has 1 aromatic heterocycles. The lowest BCUT2D eigenvalue weighted by Gasteiger charge is -2.17. The van der Waals surface area contributed by atoms with E-state index in [4.69, 9.17) is 0 Å². The second kappa shape index (κ2) is 6.88. The zero-order valence-electron chi connectivity index (χ0n) is 14.1. The van der Waals surface area contributed by atoms with E-state index in [1.165, 1.54) is 30.3 Å². The van der Waals surface area contributed by atoms with Gasteiger partial charge in [-0.25, -0.2) is 9.78 Å². The van der Waals surface area contributed by atoms with Gasteiger partial charge in [-0.1, -0.05) is 30.0 Å². The minimum atomic E-state index is -1.07. The van der Waals surface area contributed by atoms with Crippen LogP contribution in [0.5, 0.6) is 5.88 Å². The van der Waals surface area contributed by atoms with Crippen molar-refractivity contribution in [3.63, 3.8) is 0 Å². The van der Waals surface area contributed by atoms with Crippen molar-refractivity contribution in [3.8, 4) is 5.88 Å². The highest BCUT2D eigenvalue weighted by molar-refractivity contribution is 7.99. The molecule has 0 aliphatic carbocycles. The number of rotatable bonds is 4. The maximum atomic E-state index is 11.8. The number of nitrogens with zero attached hydrogens (tertiary/aromatic N) is 2. The molecule has 0 amide bonds. The second-order valence-corrected chi connectivity index (χ2v) is 7.34. The number of aromatic carboxylic acids is 1. The number of carboxylic acids is 1. The number of hydrogen-bond acceptors (Lipinski definition) is 5. The Labute approximate surface area is 155 Å². The van der Waals surface area contributed by atoms with E-state index in [1.807, 2.05) is 24.3 Å². The third-order valence-corrected chi connectivity index (χ3v) is 5.67. The highest BCUT2D eigenvalue weighted by Crippen LogP contribution is 2.39. The summed E-state index contributed by atoms with van der Waals surface area (Å²) >= 11 is 1.22. The van der Waals surface area contributed by atoms with Gasteiger partial charge in [-0.15, -0.1) is 0 Å². The van der Waals surface area contributed by atoms with Crippen LogP contribution in [0.25, 0.3) is 10.9 Å². The molecule has 0 unspecified atom stereocenters. The molecule has 0 bridgehead atoms. The van der Waals surface area contributed by atoms with Crippen LogP contribution in [0.4, 0.5) is 5.69 Å². The van der Waals surface area contributed by atoms with Gasteiger partial charge in [0.1, 0.15) is 0 Å². The number of anilines is 1. The van der Waals surface area contributed by atoms with E-state index in [9.17, 15) is 15.0 Å². The lowest BCUT2D eigenvalue weighted by molar-refractivity contribution is 0.0694. The first-order chi connectivity index (χ1) is 12.6. The SMILES string of the molecule is O=C(O)c1c(Sc2ccc(N3CCCC3)cc2)c(O)nc2ccccc12. The summed E-state index contributed by atoms with van der Waals surface area (Å²) < 4.78 is 0.